The molecule has 1 saturated heterocycles. The van der Waals surface area contributed by atoms with Gasteiger partial charge >= 0.3 is 0 Å². The van der Waals surface area contributed by atoms with Crippen molar-refractivity contribution in [3.8, 4) is 0 Å². The molecule has 2 heterocycles. The zero-order chi connectivity index (χ0) is 13.7. The van der Waals surface area contributed by atoms with E-state index >= 15 is 0 Å². The first-order valence-corrected chi connectivity index (χ1v) is 6.75. The first kappa shape index (κ1) is 14.0. The molecule has 0 radical (unpaired) electrons. The molecule has 0 bridgehead atoms. The van der Waals surface area contributed by atoms with Crippen LogP contribution < -0.4 is 10.6 Å². The summed E-state index contributed by atoms with van der Waals surface area (Å²) in [7, 11) is 0. The molecule has 0 amide bonds. The molecule has 2 rings (SSSR count). The maximum Gasteiger partial charge on any atom is 0.224 e. The van der Waals surface area contributed by atoms with Crippen molar-refractivity contribution < 1.29 is 9.84 Å². The Hall–Kier alpha value is -1.40. The second kappa shape index (κ2) is 6.16. The Morgan fingerprint density at radius 2 is 2.05 bits per heavy atom. The number of rotatable bonds is 5. The van der Waals surface area contributed by atoms with Crippen LogP contribution in [0.1, 0.15) is 25.5 Å². The van der Waals surface area contributed by atoms with E-state index in [1.807, 2.05) is 19.9 Å². The fraction of sp³-hybridized carbons (Fsp3) is 0.692. The molecule has 0 aromatic carbocycles. The van der Waals surface area contributed by atoms with Gasteiger partial charge < -0.3 is 20.5 Å². The number of aromatic nitrogens is 2. The highest BCUT2D eigenvalue weighted by Crippen LogP contribution is 2.21. The molecule has 1 aromatic rings. The third-order valence-corrected chi connectivity index (χ3v) is 3.21. The van der Waals surface area contributed by atoms with Crippen LogP contribution in [0.3, 0.4) is 0 Å². The average molecular weight is 266 g/mol. The lowest BCUT2D eigenvalue weighted by Crippen LogP contribution is -2.42. The van der Waals surface area contributed by atoms with Crippen molar-refractivity contribution in [2.24, 2.45) is 0 Å². The first-order chi connectivity index (χ1) is 9.11. The number of hydrogen-bond acceptors (Lipinski definition) is 6. The fourth-order valence-corrected chi connectivity index (χ4v) is 2.08. The Bertz CT molecular complexity index is 419. The number of aliphatic hydroxyl groups is 1. The van der Waals surface area contributed by atoms with E-state index < -0.39 is 5.60 Å². The van der Waals surface area contributed by atoms with E-state index in [-0.39, 0.29) is 0 Å². The molecule has 6 nitrogen and oxygen atoms in total. The lowest BCUT2D eigenvalue weighted by Gasteiger charge is -2.32. The third-order valence-electron chi connectivity index (χ3n) is 3.21. The van der Waals surface area contributed by atoms with Gasteiger partial charge in [-0.3, -0.25) is 0 Å². The predicted molar refractivity (Wildman–Crippen MR) is 74.4 cm³/mol. The van der Waals surface area contributed by atoms with Crippen molar-refractivity contribution in [1.82, 2.24) is 9.97 Å². The van der Waals surface area contributed by atoms with Gasteiger partial charge in [0.25, 0.3) is 0 Å². The smallest absolute Gasteiger partial charge is 0.224 e. The van der Waals surface area contributed by atoms with Crippen LogP contribution in [0.2, 0.25) is 0 Å². The summed E-state index contributed by atoms with van der Waals surface area (Å²) >= 11 is 0. The van der Waals surface area contributed by atoms with Crippen LogP contribution in [0.15, 0.2) is 6.07 Å². The molecule has 0 saturated carbocycles. The van der Waals surface area contributed by atoms with Gasteiger partial charge in [-0.05, 0) is 13.8 Å². The molecule has 0 unspecified atom stereocenters. The zero-order valence-corrected chi connectivity index (χ0v) is 11.6. The minimum absolute atomic E-state index is 0.485. The largest absolute Gasteiger partial charge is 0.388 e. The van der Waals surface area contributed by atoms with E-state index in [2.05, 4.69) is 20.6 Å². The Morgan fingerprint density at radius 1 is 1.32 bits per heavy atom. The van der Waals surface area contributed by atoms with E-state index in [4.69, 9.17) is 4.74 Å². The molecule has 0 spiro atoms. The molecule has 6 heteroatoms. The summed E-state index contributed by atoms with van der Waals surface area (Å²) in [6.45, 7) is 6.43. The summed E-state index contributed by atoms with van der Waals surface area (Å²) in [6.07, 6.45) is 1.31. The van der Waals surface area contributed by atoms with Crippen LogP contribution in [0.25, 0.3) is 0 Å². The van der Waals surface area contributed by atoms with E-state index in [0.717, 1.165) is 18.1 Å². The molecule has 1 fully saturated rings. The molecule has 3 N–H and O–H groups in total. The van der Waals surface area contributed by atoms with E-state index in [0.29, 0.717) is 38.5 Å². The maximum absolute atomic E-state index is 10.4. The molecule has 1 aromatic heterocycles. The summed E-state index contributed by atoms with van der Waals surface area (Å²) < 4.78 is 5.26. The van der Waals surface area contributed by atoms with Crippen molar-refractivity contribution in [3.63, 3.8) is 0 Å². The molecule has 19 heavy (non-hydrogen) atoms. The molecule has 0 atom stereocenters. The zero-order valence-electron chi connectivity index (χ0n) is 11.6. The molecule has 0 aliphatic carbocycles. The first-order valence-electron chi connectivity index (χ1n) is 6.75. The number of ether oxygens (including phenoxy) is 1. The summed E-state index contributed by atoms with van der Waals surface area (Å²) in [5.41, 5.74) is 0.197. The van der Waals surface area contributed by atoms with Crippen molar-refractivity contribution in [1.29, 1.82) is 0 Å². The number of nitrogens with one attached hydrogen (secondary N) is 2. The van der Waals surface area contributed by atoms with Gasteiger partial charge in [0, 0.05) is 50.9 Å². The topological polar surface area (TPSA) is 79.3 Å². The Labute approximate surface area is 113 Å². The molecular weight excluding hydrogens is 244 g/mol. The van der Waals surface area contributed by atoms with Gasteiger partial charge in [0.2, 0.25) is 5.95 Å². The number of anilines is 2. The second-order valence-corrected chi connectivity index (χ2v) is 4.94. The Balaban J connectivity index is 1.98. The van der Waals surface area contributed by atoms with E-state index in [1.165, 1.54) is 0 Å². The highest BCUT2D eigenvalue weighted by Gasteiger charge is 2.29. The van der Waals surface area contributed by atoms with Crippen LogP contribution in [0, 0.1) is 6.92 Å². The van der Waals surface area contributed by atoms with Crippen molar-refractivity contribution in [2.45, 2.75) is 32.3 Å². The van der Waals surface area contributed by atoms with Gasteiger partial charge in [0.1, 0.15) is 5.82 Å². The van der Waals surface area contributed by atoms with Gasteiger partial charge in [-0.2, -0.15) is 4.98 Å². The molecule has 1 aliphatic heterocycles. The summed E-state index contributed by atoms with van der Waals surface area (Å²) in [5.74, 6) is 1.35. The number of nitrogens with zero attached hydrogens (tertiary/aromatic N) is 2. The minimum Gasteiger partial charge on any atom is -0.388 e. The monoisotopic (exact) mass is 266 g/mol. The van der Waals surface area contributed by atoms with Crippen LogP contribution in [0.4, 0.5) is 11.8 Å². The average Bonchev–Trinajstić information content (AvgIpc) is 2.37. The molecule has 1 aliphatic rings. The standard InChI is InChI=1S/C13H22N4O2/c1-3-14-12-16-10(2)8-11(17-12)15-9-13(18)4-6-19-7-5-13/h8,18H,3-7,9H2,1-2H3,(H2,14,15,16,17). The maximum atomic E-state index is 10.4. The second-order valence-electron chi connectivity index (χ2n) is 4.94. The van der Waals surface area contributed by atoms with Crippen molar-refractivity contribution >= 4 is 11.8 Å². The molecule has 106 valence electrons. The van der Waals surface area contributed by atoms with Crippen molar-refractivity contribution in [2.75, 3.05) is 36.9 Å². The lowest BCUT2D eigenvalue weighted by molar-refractivity contribution is -0.0543. The van der Waals surface area contributed by atoms with Gasteiger partial charge in [-0.1, -0.05) is 0 Å². The van der Waals surface area contributed by atoms with Gasteiger partial charge in [0.15, 0.2) is 0 Å². The highest BCUT2D eigenvalue weighted by atomic mass is 16.5. The predicted octanol–water partition coefficient (Wildman–Crippen LogP) is 1.17. The third kappa shape index (κ3) is 4.04. The summed E-state index contributed by atoms with van der Waals surface area (Å²) in [6, 6.07) is 1.88. The highest BCUT2D eigenvalue weighted by molar-refractivity contribution is 5.42. The quantitative estimate of drug-likeness (QED) is 0.742. The van der Waals surface area contributed by atoms with Crippen LogP contribution >= 0.6 is 0 Å². The van der Waals surface area contributed by atoms with E-state index in [1.54, 1.807) is 0 Å². The summed E-state index contributed by atoms with van der Waals surface area (Å²) in [4.78, 5) is 8.65. The fourth-order valence-electron chi connectivity index (χ4n) is 2.08. The van der Waals surface area contributed by atoms with Crippen LogP contribution in [-0.4, -0.2) is 47.0 Å². The molecular formula is C13H22N4O2. The van der Waals surface area contributed by atoms with Crippen LogP contribution in [-0.2, 0) is 4.74 Å². The van der Waals surface area contributed by atoms with Gasteiger partial charge in [0.05, 0.1) is 5.60 Å². The minimum atomic E-state index is -0.699. The number of hydrogen-bond donors (Lipinski definition) is 3. The van der Waals surface area contributed by atoms with Crippen LogP contribution in [0.5, 0.6) is 0 Å². The summed E-state index contributed by atoms with van der Waals surface area (Å²) in [5, 5.41) is 16.7. The van der Waals surface area contributed by atoms with Crippen molar-refractivity contribution in [3.05, 3.63) is 11.8 Å². The number of aryl methyl sites for hydroxylation is 1. The normalized spacial score (nSPS) is 18.1. The van der Waals surface area contributed by atoms with Gasteiger partial charge in [-0.25, -0.2) is 4.98 Å². The SMILES string of the molecule is CCNc1nc(C)cc(NCC2(O)CCOCC2)n1. The lowest BCUT2D eigenvalue weighted by atomic mass is 9.94. The Morgan fingerprint density at radius 3 is 2.74 bits per heavy atom. The van der Waals surface area contributed by atoms with E-state index in [9.17, 15) is 5.11 Å². The van der Waals surface area contributed by atoms with Gasteiger partial charge in [-0.15, -0.1) is 0 Å². The Kier molecular flexibility index (Phi) is 4.55.